The molecular weight excluding hydrogens is 404 g/mol. The van der Waals surface area contributed by atoms with Crippen LogP contribution in [0.25, 0.3) is 0 Å². The summed E-state index contributed by atoms with van der Waals surface area (Å²) >= 11 is 5.81. The summed E-state index contributed by atoms with van der Waals surface area (Å²) in [6.07, 6.45) is 2.84. The zero-order valence-electron chi connectivity index (χ0n) is 17.0. The number of pyridine rings is 1. The van der Waals surface area contributed by atoms with Gasteiger partial charge in [-0.05, 0) is 76.2 Å². The van der Waals surface area contributed by atoms with Crippen LogP contribution in [0.5, 0.6) is 0 Å². The molecular formula is C22H25ClN4O3. The normalized spacial score (nSPS) is 16.0. The summed E-state index contributed by atoms with van der Waals surface area (Å²) in [4.78, 5) is 42.6. The van der Waals surface area contributed by atoms with Gasteiger partial charge in [-0.3, -0.25) is 19.3 Å². The zero-order valence-corrected chi connectivity index (χ0v) is 17.8. The van der Waals surface area contributed by atoms with Crippen molar-refractivity contribution >= 4 is 40.7 Å². The molecule has 2 aromatic rings. The highest BCUT2D eigenvalue weighted by molar-refractivity contribution is 6.30. The van der Waals surface area contributed by atoms with E-state index in [4.69, 9.17) is 11.6 Å². The molecule has 158 valence electrons. The molecule has 1 fully saturated rings. The number of benzene rings is 1. The van der Waals surface area contributed by atoms with Crippen molar-refractivity contribution in [3.63, 3.8) is 0 Å². The number of nitrogens with one attached hydrogen (secondary N) is 2. The first-order valence-corrected chi connectivity index (χ1v) is 10.3. The number of likely N-dealkylation sites (tertiary alicyclic amines) is 1. The van der Waals surface area contributed by atoms with Gasteiger partial charge in [0.2, 0.25) is 11.8 Å². The van der Waals surface area contributed by atoms with E-state index in [1.165, 1.54) is 13.1 Å². The van der Waals surface area contributed by atoms with Crippen LogP contribution in [0.2, 0.25) is 5.02 Å². The molecule has 0 saturated carbocycles. The average Bonchev–Trinajstić information content (AvgIpc) is 2.75. The van der Waals surface area contributed by atoms with E-state index in [9.17, 15) is 14.4 Å². The third-order valence-corrected chi connectivity index (χ3v) is 5.59. The van der Waals surface area contributed by atoms with Crippen molar-refractivity contribution < 1.29 is 14.4 Å². The number of carbonyl (C=O) groups excluding carboxylic acids is 3. The summed E-state index contributed by atoms with van der Waals surface area (Å²) in [5, 5.41) is 6.22. The van der Waals surface area contributed by atoms with Crippen LogP contribution < -0.4 is 10.6 Å². The van der Waals surface area contributed by atoms with Crippen molar-refractivity contribution in [1.29, 1.82) is 0 Å². The van der Waals surface area contributed by atoms with Crippen LogP contribution in [0.4, 0.5) is 11.5 Å². The first-order valence-electron chi connectivity index (χ1n) is 9.92. The van der Waals surface area contributed by atoms with E-state index < -0.39 is 0 Å². The molecule has 2 amide bonds. The molecule has 1 aliphatic rings. The minimum Gasteiger partial charge on any atom is -0.325 e. The van der Waals surface area contributed by atoms with Crippen LogP contribution in [0, 0.1) is 5.92 Å². The molecule has 1 atom stereocenters. The van der Waals surface area contributed by atoms with Gasteiger partial charge in [-0.2, -0.15) is 0 Å². The Kier molecular flexibility index (Phi) is 7.18. The van der Waals surface area contributed by atoms with Crippen molar-refractivity contribution in [3.05, 3.63) is 53.2 Å². The number of piperidine rings is 1. The fourth-order valence-electron chi connectivity index (χ4n) is 3.43. The quantitative estimate of drug-likeness (QED) is 0.686. The summed E-state index contributed by atoms with van der Waals surface area (Å²) in [6, 6.07) is 9.88. The number of anilines is 2. The molecule has 0 aliphatic carbocycles. The largest absolute Gasteiger partial charge is 0.325 e. The van der Waals surface area contributed by atoms with Crippen LogP contribution in [-0.2, 0) is 9.59 Å². The standard InChI is InChI=1S/C22H25ClN4O3/c1-14(21(29)25-19-6-3-16(4-7-19)15(2)28)27-11-9-17(10-12-27)22(30)26-20-8-5-18(23)13-24-20/h3-8,13-14,17H,9-12H2,1-2H3,(H,25,29)(H,24,26,30). The Balaban J connectivity index is 1.48. The number of hydrogen-bond donors (Lipinski definition) is 2. The van der Waals surface area contributed by atoms with Gasteiger partial charge >= 0.3 is 0 Å². The van der Waals surface area contributed by atoms with E-state index in [2.05, 4.69) is 20.5 Å². The number of carbonyl (C=O) groups is 3. The molecule has 2 heterocycles. The minimum absolute atomic E-state index is 0.0139. The van der Waals surface area contributed by atoms with Gasteiger partial charge in [-0.15, -0.1) is 0 Å². The number of amides is 2. The van der Waals surface area contributed by atoms with Gasteiger partial charge < -0.3 is 10.6 Å². The summed E-state index contributed by atoms with van der Waals surface area (Å²) in [7, 11) is 0. The second kappa shape index (κ2) is 9.82. The number of halogens is 1. The van der Waals surface area contributed by atoms with Crippen molar-refractivity contribution in [1.82, 2.24) is 9.88 Å². The highest BCUT2D eigenvalue weighted by Crippen LogP contribution is 2.22. The minimum atomic E-state index is -0.320. The highest BCUT2D eigenvalue weighted by atomic mass is 35.5. The summed E-state index contributed by atoms with van der Waals surface area (Å²) in [5.74, 6) is 0.175. The summed E-state index contributed by atoms with van der Waals surface area (Å²) in [6.45, 7) is 4.68. The number of aromatic nitrogens is 1. The number of ketones is 1. The molecule has 2 N–H and O–H groups in total. The van der Waals surface area contributed by atoms with Gasteiger partial charge in [0.15, 0.2) is 5.78 Å². The third kappa shape index (κ3) is 5.64. The van der Waals surface area contributed by atoms with E-state index in [-0.39, 0.29) is 29.6 Å². The molecule has 8 heteroatoms. The van der Waals surface area contributed by atoms with Crippen LogP contribution in [0.1, 0.15) is 37.0 Å². The molecule has 0 radical (unpaired) electrons. The van der Waals surface area contributed by atoms with Crippen LogP contribution >= 0.6 is 11.6 Å². The van der Waals surface area contributed by atoms with Crippen molar-refractivity contribution in [2.45, 2.75) is 32.7 Å². The number of nitrogens with zero attached hydrogens (tertiary/aromatic N) is 2. The maximum Gasteiger partial charge on any atom is 0.241 e. The fourth-order valence-corrected chi connectivity index (χ4v) is 3.54. The molecule has 1 unspecified atom stereocenters. The molecule has 1 aromatic heterocycles. The Morgan fingerprint density at radius 1 is 1.07 bits per heavy atom. The van der Waals surface area contributed by atoms with Gasteiger partial charge in [0.05, 0.1) is 11.1 Å². The number of rotatable bonds is 6. The monoisotopic (exact) mass is 428 g/mol. The first-order chi connectivity index (χ1) is 14.3. The van der Waals surface area contributed by atoms with Gasteiger partial charge in [0.25, 0.3) is 0 Å². The van der Waals surface area contributed by atoms with E-state index in [1.54, 1.807) is 36.4 Å². The Bertz CT molecular complexity index is 907. The first kappa shape index (κ1) is 21.9. The fraction of sp³-hybridized carbons (Fsp3) is 0.364. The van der Waals surface area contributed by atoms with Gasteiger partial charge in [0.1, 0.15) is 5.82 Å². The van der Waals surface area contributed by atoms with Crippen LogP contribution in [0.15, 0.2) is 42.6 Å². The van der Waals surface area contributed by atoms with Gasteiger partial charge in [-0.1, -0.05) is 11.6 Å². The third-order valence-electron chi connectivity index (χ3n) is 5.37. The molecule has 30 heavy (non-hydrogen) atoms. The lowest BCUT2D eigenvalue weighted by molar-refractivity contribution is -0.123. The van der Waals surface area contributed by atoms with Crippen molar-refractivity contribution in [2.75, 3.05) is 23.7 Å². The SMILES string of the molecule is CC(=O)c1ccc(NC(=O)C(C)N2CCC(C(=O)Nc3ccc(Cl)cn3)CC2)cc1. The predicted molar refractivity (Wildman–Crippen MR) is 117 cm³/mol. The summed E-state index contributed by atoms with van der Waals surface area (Å²) in [5.41, 5.74) is 1.26. The number of hydrogen-bond acceptors (Lipinski definition) is 5. The second-order valence-electron chi connectivity index (χ2n) is 7.46. The van der Waals surface area contributed by atoms with Gasteiger partial charge in [0, 0.05) is 23.4 Å². The number of Topliss-reactive ketones (excluding diaryl/α,β-unsaturated/α-hetero) is 1. The van der Waals surface area contributed by atoms with Crippen LogP contribution in [-0.4, -0.2) is 46.6 Å². The van der Waals surface area contributed by atoms with Crippen molar-refractivity contribution in [3.8, 4) is 0 Å². The molecule has 1 saturated heterocycles. The Morgan fingerprint density at radius 3 is 2.30 bits per heavy atom. The second-order valence-corrected chi connectivity index (χ2v) is 7.90. The lowest BCUT2D eigenvalue weighted by Gasteiger charge is -2.34. The molecule has 7 nitrogen and oxygen atoms in total. The molecule has 0 spiro atoms. The lowest BCUT2D eigenvalue weighted by Crippen LogP contribution is -2.47. The van der Waals surface area contributed by atoms with E-state index in [0.717, 1.165) is 0 Å². The molecule has 1 aliphatic heterocycles. The van der Waals surface area contributed by atoms with Crippen molar-refractivity contribution in [2.24, 2.45) is 5.92 Å². The maximum atomic E-state index is 12.6. The summed E-state index contributed by atoms with van der Waals surface area (Å²) < 4.78 is 0. The van der Waals surface area contributed by atoms with E-state index >= 15 is 0 Å². The van der Waals surface area contributed by atoms with Crippen LogP contribution in [0.3, 0.4) is 0 Å². The average molecular weight is 429 g/mol. The highest BCUT2D eigenvalue weighted by Gasteiger charge is 2.30. The molecule has 0 bridgehead atoms. The Morgan fingerprint density at radius 2 is 1.73 bits per heavy atom. The Labute approximate surface area is 180 Å². The van der Waals surface area contributed by atoms with Gasteiger partial charge in [-0.25, -0.2) is 4.98 Å². The van der Waals surface area contributed by atoms with E-state index in [1.807, 2.05) is 6.92 Å². The Hall–Kier alpha value is -2.77. The smallest absolute Gasteiger partial charge is 0.241 e. The zero-order chi connectivity index (χ0) is 21.7. The molecule has 3 rings (SSSR count). The maximum absolute atomic E-state index is 12.6. The predicted octanol–water partition coefficient (Wildman–Crippen LogP) is 3.62. The molecule has 1 aromatic carbocycles. The topological polar surface area (TPSA) is 91.4 Å². The van der Waals surface area contributed by atoms with E-state index in [0.29, 0.717) is 48.0 Å². The lowest BCUT2D eigenvalue weighted by atomic mass is 9.95.